The van der Waals surface area contributed by atoms with Crippen molar-refractivity contribution in [2.45, 2.75) is 82.7 Å². The summed E-state index contributed by atoms with van der Waals surface area (Å²) in [6, 6.07) is 23.4. The monoisotopic (exact) mass is 949 g/mol. The molecule has 1 saturated carbocycles. The van der Waals surface area contributed by atoms with Gasteiger partial charge in [-0.1, -0.05) is 48.0 Å². The number of nitrogens with two attached hydrogens (primary N) is 1. The number of benzene rings is 4. The van der Waals surface area contributed by atoms with Gasteiger partial charge in [0.15, 0.2) is 11.6 Å². The van der Waals surface area contributed by atoms with Gasteiger partial charge in [-0.2, -0.15) is 0 Å². The van der Waals surface area contributed by atoms with Gasteiger partial charge in [0.2, 0.25) is 17.7 Å². The summed E-state index contributed by atoms with van der Waals surface area (Å²) < 4.78 is 27.0. The van der Waals surface area contributed by atoms with Crippen LogP contribution in [0.15, 0.2) is 78.9 Å². The highest BCUT2D eigenvalue weighted by atomic mass is 35.5. The third kappa shape index (κ3) is 11.0. The predicted octanol–water partition coefficient (Wildman–Crippen LogP) is 7.27. The molecule has 360 valence electrons. The number of amides is 6. The maximum atomic E-state index is 16.0. The van der Waals surface area contributed by atoms with Gasteiger partial charge in [-0.3, -0.25) is 34.3 Å². The molecule has 8 rings (SSSR count). The van der Waals surface area contributed by atoms with E-state index in [2.05, 4.69) is 33.0 Å². The second-order valence-corrected chi connectivity index (χ2v) is 18.9. The van der Waals surface area contributed by atoms with Crippen molar-refractivity contribution in [3.8, 4) is 22.6 Å². The fourth-order valence-corrected chi connectivity index (χ4v) is 10.7. The third-order valence-corrected chi connectivity index (χ3v) is 14.7. The van der Waals surface area contributed by atoms with Crippen LogP contribution in [0.1, 0.15) is 102 Å². The first kappa shape index (κ1) is 48.4. The van der Waals surface area contributed by atoms with Crippen molar-refractivity contribution < 1.29 is 37.8 Å². The number of rotatable bonds is 15. The van der Waals surface area contributed by atoms with E-state index in [1.165, 1.54) is 24.1 Å². The number of anilines is 1. The zero-order chi connectivity index (χ0) is 48.0. The highest BCUT2D eigenvalue weighted by molar-refractivity contribution is 6.33. The van der Waals surface area contributed by atoms with Crippen LogP contribution < -0.4 is 36.1 Å². The second-order valence-electron chi connectivity index (χ2n) is 18.5. The first-order chi connectivity index (χ1) is 32.8. The summed E-state index contributed by atoms with van der Waals surface area (Å²) in [5, 5.41) is 9.73. The molecule has 1 spiro atoms. The zero-order valence-electron chi connectivity index (χ0n) is 38.8. The molecule has 1 aliphatic carbocycles. The van der Waals surface area contributed by atoms with Crippen LogP contribution in [-0.2, 0) is 9.59 Å². The zero-order valence-corrected chi connectivity index (χ0v) is 39.5. The van der Waals surface area contributed by atoms with Gasteiger partial charge in [0.1, 0.15) is 5.75 Å². The van der Waals surface area contributed by atoms with E-state index in [9.17, 15) is 24.0 Å². The van der Waals surface area contributed by atoms with E-state index >= 15 is 4.39 Å². The SMILES string of the molecule is CCOc1ccc(C(N)=O)c(-c2cc(C(CNC3CCC(NC(=O)CN4CCC5(CC4)CCN(C(=O)c4ccc(OC)c(N6CCC(=O)NC6=O)c4)CC5)CC3)c3ccccc3)ccc2Cl)c1F. The van der Waals surface area contributed by atoms with Gasteiger partial charge >= 0.3 is 6.03 Å². The Morgan fingerprint density at radius 1 is 0.868 bits per heavy atom. The van der Waals surface area contributed by atoms with Crippen molar-refractivity contribution in [3.63, 3.8) is 0 Å². The van der Waals surface area contributed by atoms with Crippen molar-refractivity contribution in [3.05, 3.63) is 112 Å². The Balaban J connectivity index is 0.805. The molecule has 1 unspecified atom stereocenters. The summed E-state index contributed by atoms with van der Waals surface area (Å²) in [7, 11) is 1.51. The molecule has 3 aliphatic heterocycles. The molecule has 3 heterocycles. The number of nitrogens with one attached hydrogen (secondary N) is 3. The summed E-state index contributed by atoms with van der Waals surface area (Å²) >= 11 is 6.72. The van der Waals surface area contributed by atoms with E-state index in [0.29, 0.717) is 48.7 Å². The summed E-state index contributed by atoms with van der Waals surface area (Å²) in [4.78, 5) is 69.5. The molecule has 0 bridgehead atoms. The summed E-state index contributed by atoms with van der Waals surface area (Å²) in [6.07, 6.45) is 7.43. The van der Waals surface area contributed by atoms with Crippen molar-refractivity contribution in [2.75, 3.05) is 64.4 Å². The van der Waals surface area contributed by atoms with Crippen LogP contribution in [0.3, 0.4) is 0 Å². The molecule has 16 heteroatoms. The summed E-state index contributed by atoms with van der Waals surface area (Å²) in [5.74, 6) is -1.48. The Labute approximate surface area is 402 Å². The van der Waals surface area contributed by atoms with Crippen LogP contribution in [0.2, 0.25) is 5.02 Å². The number of imide groups is 1. The quantitative estimate of drug-likeness (QED) is 0.0956. The maximum absolute atomic E-state index is 16.0. The van der Waals surface area contributed by atoms with Gasteiger partial charge < -0.3 is 30.7 Å². The Morgan fingerprint density at radius 2 is 1.56 bits per heavy atom. The minimum Gasteiger partial charge on any atom is -0.495 e. The van der Waals surface area contributed by atoms with Crippen molar-refractivity contribution in [2.24, 2.45) is 11.1 Å². The number of carbonyl (C=O) groups is 5. The van der Waals surface area contributed by atoms with Crippen LogP contribution in [0, 0.1) is 11.2 Å². The van der Waals surface area contributed by atoms with Gasteiger partial charge in [-0.15, -0.1) is 0 Å². The van der Waals surface area contributed by atoms with Crippen molar-refractivity contribution >= 4 is 46.9 Å². The fourth-order valence-electron chi connectivity index (χ4n) is 10.4. The van der Waals surface area contributed by atoms with Gasteiger partial charge in [0, 0.05) is 72.3 Å². The molecular weight excluding hydrogens is 889 g/mol. The molecule has 0 radical (unpaired) electrons. The number of urea groups is 1. The average Bonchev–Trinajstić information content (AvgIpc) is 3.34. The number of carbonyl (C=O) groups excluding carboxylic acids is 5. The summed E-state index contributed by atoms with van der Waals surface area (Å²) in [5.41, 5.74) is 9.15. The lowest BCUT2D eigenvalue weighted by Crippen LogP contribution is -2.51. The molecule has 3 saturated heterocycles. The number of piperidine rings is 2. The largest absolute Gasteiger partial charge is 0.495 e. The topological polar surface area (TPSA) is 176 Å². The lowest BCUT2D eigenvalue weighted by Gasteiger charge is -2.46. The van der Waals surface area contributed by atoms with Gasteiger partial charge in [-0.05, 0) is 130 Å². The molecule has 68 heavy (non-hydrogen) atoms. The first-order valence-corrected chi connectivity index (χ1v) is 24.2. The summed E-state index contributed by atoms with van der Waals surface area (Å²) in [6.45, 7) is 6.12. The average molecular weight is 951 g/mol. The highest BCUT2D eigenvalue weighted by Gasteiger charge is 2.39. The van der Waals surface area contributed by atoms with E-state index in [-0.39, 0.29) is 82.6 Å². The minimum atomic E-state index is -0.766. The Kier molecular flexibility index (Phi) is 15.3. The Morgan fingerprint density at radius 3 is 2.24 bits per heavy atom. The molecule has 6 amide bonds. The Bertz CT molecular complexity index is 2500. The molecule has 14 nitrogen and oxygen atoms in total. The fraction of sp³-hybridized carbons (Fsp3) is 0.442. The van der Waals surface area contributed by atoms with Gasteiger partial charge in [-0.25, -0.2) is 9.18 Å². The number of likely N-dealkylation sites (tertiary alicyclic amines) is 2. The molecule has 0 aromatic heterocycles. The molecule has 4 aromatic carbocycles. The number of methoxy groups -OCH3 is 1. The van der Waals surface area contributed by atoms with Crippen LogP contribution in [0.5, 0.6) is 11.5 Å². The minimum absolute atomic E-state index is 0.0156. The first-order valence-electron chi connectivity index (χ1n) is 23.8. The van der Waals surface area contributed by atoms with E-state index in [1.807, 2.05) is 35.2 Å². The van der Waals surface area contributed by atoms with E-state index in [1.54, 1.807) is 31.2 Å². The molecule has 5 N–H and O–H groups in total. The number of halogens is 2. The van der Waals surface area contributed by atoms with E-state index in [4.69, 9.17) is 26.8 Å². The predicted molar refractivity (Wildman–Crippen MR) is 259 cm³/mol. The van der Waals surface area contributed by atoms with Crippen LogP contribution in [0.25, 0.3) is 11.1 Å². The Hall–Kier alpha value is -6.03. The number of ether oxygens (including phenoxy) is 2. The normalized spacial score (nSPS) is 20.1. The maximum Gasteiger partial charge on any atom is 0.328 e. The van der Waals surface area contributed by atoms with Gasteiger partial charge in [0.25, 0.3) is 5.91 Å². The second kappa shape index (κ2) is 21.5. The van der Waals surface area contributed by atoms with Crippen molar-refractivity contribution in [1.29, 1.82) is 0 Å². The number of primary amides is 1. The van der Waals surface area contributed by atoms with E-state index < -0.39 is 17.8 Å². The lowest BCUT2D eigenvalue weighted by atomic mass is 9.71. The standard InChI is InChI=1S/C52H61ClFN7O7/c1-3-68-44-18-15-38(49(55)64)47(48(44)54)39-29-34(9-16-41(39)53)40(33-7-5-4-6-8-33)31-56-36-11-13-37(14-12-36)57-46(63)32-59-25-20-52(21-26-59)22-27-60(28-23-52)50(65)35-10-17-43(67-2)42(30-35)61-24-19-45(62)58-51(61)66/h4-10,15-18,29-30,36-37,40,56H,3,11-14,19-28,31-32H2,1-2H3,(H2,55,64)(H,57,63)(H,58,62,66). The number of nitrogens with zero attached hydrogens (tertiary/aromatic N) is 3. The third-order valence-electron chi connectivity index (χ3n) is 14.4. The molecule has 4 fully saturated rings. The molecular formula is C52H61ClFN7O7. The number of hydrogen-bond donors (Lipinski definition) is 4. The van der Waals surface area contributed by atoms with Crippen LogP contribution >= 0.6 is 11.6 Å². The van der Waals surface area contributed by atoms with Crippen LogP contribution in [-0.4, -0.2) is 111 Å². The number of hydrogen-bond acceptors (Lipinski definition) is 9. The van der Waals surface area contributed by atoms with Gasteiger partial charge in [0.05, 0.1) is 31.5 Å². The molecule has 4 aliphatic rings. The molecule has 4 aromatic rings. The van der Waals surface area contributed by atoms with Crippen LogP contribution in [0.4, 0.5) is 14.9 Å². The highest BCUT2D eigenvalue weighted by Crippen LogP contribution is 2.43. The smallest absolute Gasteiger partial charge is 0.328 e. The lowest BCUT2D eigenvalue weighted by molar-refractivity contribution is -0.124. The molecule has 1 atom stereocenters. The van der Waals surface area contributed by atoms with Crippen molar-refractivity contribution in [1.82, 2.24) is 25.8 Å². The van der Waals surface area contributed by atoms with E-state index in [0.717, 1.165) is 75.6 Å².